The number of carbonyl (C=O) groups is 4. The van der Waals surface area contributed by atoms with Crippen LogP contribution in [0.15, 0.2) is 18.2 Å². The number of aliphatic carboxylic acids is 1. The van der Waals surface area contributed by atoms with Crippen LogP contribution in [0.4, 0.5) is 9.59 Å². The van der Waals surface area contributed by atoms with Gasteiger partial charge in [-0.1, -0.05) is 13.0 Å². The van der Waals surface area contributed by atoms with Crippen molar-refractivity contribution in [2.75, 3.05) is 6.54 Å². The first kappa shape index (κ1) is 31.7. The van der Waals surface area contributed by atoms with Gasteiger partial charge in [-0.05, 0) is 79.0 Å². The summed E-state index contributed by atoms with van der Waals surface area (Å²) >= 11 is 0. The quantitative estimate of drug-likeness (QED) is 0.237. The Morgan fingerprint density at radius 3 is 1.95 bits per heavy atom. The van der Waals surface area contributed by atoms with E-state index in [1.807, 2.05) is 6.92 Å². The molecule has 0 fully saturated rings. The number of hydrogen-bond donors (Lipinski definition) is 2. The highest BCUT2D eigenvalue weighted by molar-refractivity contribution is 5.74. The maximum atomic E-state index is 12.3. The number of rotatable bonds is 11. The van der Waals surface area contributed by atoms with E-state index in [0.29, 0.717) is 12.0 Å². The molecular formula is C26H39NO10. The van der Waals surface area contributed by atoms with Gasteiger partial charge in [-0.2, -0.15) is 0 Å². The van der Waals surface area contributed by atoms with Gasteiger partial charge in [-0.15, -0.1) is 0 Å². The predicted octanol–water partition coefficient (Wildman–Crippen LogP) is 4.63. The Bertz CT molecular complexity index is 946. The third-order valence-corrected chi connectivity index (χ3v) is 4.35. The standard InChI is InChI=1S/C26H39NO10/c1-9-10-21(28)33-16(2)15-27-18(22(29)30)13-17-11-12-19(34-23(31)36-25(3,4)5)20(14-17)35-24(32)37-26(6,7)8/h11-12,14,16,18,27H,9-10,13,15H2,1-8H3,(H,29,30)/t16?,18-/m0/s1. The van der Waals surface area contributed by atoms with Crippen molar-refractivity contribution in [2.24, 2.45) is 0 Å². The number of carbonyl (C=O) groups excluding carboxylic acids is 3. The molecule has 0 bridgehead atoms. The summed E-state index contributed by atoms with van der Waals surface area (Å²) in [5.41, 5.74) is -1.19. The molecule has 0 aliphatic heterocycles. The predicted molar refractivity (Wildman–Crippen MR) is 134 cm³/mol. The Balaban J connectivity index is 3.07. The number of benzene rings is 1. The SMILES string of the molecule is CCCC(=O)OC(C)CN[C@@H](Cc1ccc(OC(=O)OC(C)(C)C)c(OC(=O)OC(C)(C)C)c1)C(=O)O. The van der Waals surface area contributed by atoms with Crippen LogP contribution in [0, 0.1) is 0 Å². The van der Waals surface area contributed by atoms with Gasteiger partial charge in [0.05, 0.1) is 0 Å². The lowest BCUT2D eigenvalue weighted by Gasteiger charge is -2.21. The van der Waals surface area contributed by atoms with E-state index in [-0.39, 0.29) is 36.9 Å². The highest BCUT2D eigenvalue weighted by atomic mass is 16.8. The van der Waals surface area contributed by atoms with Crippen molar-refractivity contribution in [3.05, 3.63) is 23.8 Å². The van der Waals surface area contributed by atoms with Crippen LogP contribution in [-0.4, -0.2) is 59.2 Å². The number of ether oxygens (including phenoxy) is 5. The molecule has 1 aromatic carbocycles. The van der Waals surface area contributed by atoms with Gasteiger partial charge in [-0.3, -0.25) is 9.59 Å². The summed E-state index contributed by atoms with van der Waals surface area (Å²) in [7, 11) is 0. The zero-order valence-corrected chi connectivity index (χ0v) is 22.8. The van der Waals surface area contributed by atoms with Crippen molar-refractivity contribution >= 4 is 24.2 Å². The first-order valence-electron chi connectivity index (χ1n) is 12.1. The number of esters is 1. The summed E-state index contributed by atoms with van der Waals surface area (Å²) in [6, 6.07) is 3.24. The van der Waals surface area contributed by atoms with Gasteiger partial charge in [0.1, 0.15) is 23.3 Å². The Morgan fingerprint density at radius 2 is 1.46 bits per heavy atom. The maximum Gasteiger partial charge on any atom is 0.514 e. The summed E-state index contributed by atoms with van der Waals surface area (Å²) < 4.78 is 26.1. The van der Waals surface area contributed by atoms with Gasteiger partial charge in [0.2, 0.25) is 0 Å². The third-order valence-electron chi connectivity index (χ3n) is 4.35. The summed E-state index contributed by atoms with van der Waals surface area (Å²) in [5, 5.41) is 12.5. The smallest absolute Gasteiger partial charge is 0.480 e. The topological polar surface area (TPSA) is 147 Å². The van der Waals surface area contributed by atoms with Crippen LogP contribution in [0.1, 0.15) is 73.8 Å². The van der Waals surface area contributed by atoms with E-state index in [9.17, 15) is 24.3 Å². The Hall–Kier alpha value is -3.34. The van der Waals surface area contributed by atoms with E-state index in [1.165, 1.54) is 18.2 Å². The van der Waals surface area contributed by atoms with Gasteiger partial charge in [0.15, 0.2) is 11.5 Å². The first-order valence-corrected chi connectivity index (χ1v) is 12.1. The molecule has 11 heteroatoms. The number of carboxylic acids is 1. The van der Waals surface area contributed by atoms with Crippen LogP contribution in [-0.2, 0) is 30.2 Å². The van der Waals surface area contributed by atoms with Gasteiger partial charge in [-0.25, -0.2) is 9.59 Å². The third kappa shape index (κ3) is 13.5. The van der Waals surface area contributed by atoms with Crippen LogP contribution < -0.4 is 14.8 Å². The molecule has 0 aromatic heterocycles. The summed E-state index contributed by atoms with van der Waals surface area (Å²) in [4.78, 5) is 48.0. The highest BCUT2D eigenvalue weighted by Gasteiger charge is 2.25. The Labute approximate surface area is 217 Å². The average Bonchev–Trinajstić information content (AvgIpc) is 2.69. The summed E-state index contributed by atoms with van der Waals surface area (Å²) in [5.74, 6) is -1.74. The zero-order chi connectivity index (χ0) is 28.4. The second-order valence-corrected chi connectivity index (χ2v) is 10.5. The fraction of sp³-hybridized carbons (Fsp3) is 0.615. The number of hydrogen-bond acceptors (Lipinski definition) is 10. The lowest BCUT2D eigenvalue weighted by molar-refractivity contribution is -0.148. The second-order valence-electron chi connectivity index (χ2n) is 10.5. The van der Waals surface area contributed by atoms with E-state index in [2.05, 4.69) is 5.32 Å². The Kier molecular flexibility index (Phi) is 11.8. The molecule has 1 aromatic rings. The Morgan fingerprint density at radius 1 is 0.919 bits per heavy atom. The molecule has 2 atom stereocenters. The van der Waals surface area contributed by atoms with Crippen molar-refractivity contribution in [1.29, 1.82) is 0 Å². The van der Waals surface area contributed by atoms with Gasteiger partial charge in [0.25, 0.3) is 0 Å². The molecule has 1 unspecified atom stereocenters. The van der Waals surface area contributed by atoms with Crippen LogP contribution in [0.3, 0.4) is 0 Å². The fourth-order valence-corrected chi connectivity index (χ4v) is 2.88. The molecule has 0 heterocycles. The van der Waals surface area contributed by atoms with Crippen molar-refractivity contribution in [1.82, 2.24) is 5.32 Å². The molecule has 0 amide bonds. The zero-order valence-electron chi connectivity index (χ0n) is 22.8. The second kappa shape index (κ2) is 13.8. The minimum Gasteiger partial charge on any atom is -0.480 e. The minimum atomic E-state index is -1.13. The van der Waals surface area contributed by atoms with Crippen molar-refractivity contribution in [3.63, 3.8) is 0 Å². The molecule has 0 saturated carbocycles. The first-order chi connectivity index (χ1) is 17.0. The molecule has 11 nitrogen and oxygen atoms in total. The molecular weight excluding hydrogens is 486 g/mol. The molecule has 0 radical (unpaired) electrons. The number of nitrogens with one attached hydrogen (secondary N) is 1. The molecule has 37 heavy (non-hydrogen) atoms. The molecule has 2 N–H and O–H groups in total. The van der Waals surface area contributed by atoms with Gasteiger partial charge < -0.3 is 34.1 Å². The van der Waals surface area contributed by atoms with Crippen molar-refractivity contribution in [3.8, 4) is 11.5 Å². The molecule has 0 aliphatic carbocycles. The summed E-state index contributed by atoms with van der Waals surface area (Å²) in [6.07, 6.45) is -1.65. The maximum absolute atomic E-state index is 12.3. The molecule has 0 aliphatic rings. The normalized spacial score (nSPS) is 13.2. The van der Waals surface area contributed by atoms with Crippen LogP contribution in [0.25, 0.3) is 0 Å². The molecule has 208 valence electrons. The van der Waals surface area contributed by atoms with Crippen LogP contribution in [0.5, 0.6) is 11.5 Å². The summed E-state index contributed by atoms with van der Waals surface area (Å²) in [6.45, 7) is 13.6. The fourth-order valence-electron chi connectivity index (χ4n) is 2.88. The highest BCUT2D eigenvalue weighted by Crippen LogP contribution is 2.31. The van der Waals surface area contributed by atoms with E-state index < -0.39 is 41.6 Å². The van der Waals surface area contributed by atoms with E-state index in [1.54, 1.807) is 48.5 Å². The average molecular weight is 526 g/mol. The number of carboxylic acid groups (broad SMARTS) is 1. The molecule has 0 saturated heterocycles. The molecule has 0 spiro atoms. The van der Waals surface area contributed by atoms with E-state index in [4.69, 9.17) is 23.7 Å². The lowest BCUT2D eigenvalue weighted by Crippen LogP contribution is -2.42. The monoisotopic (exact) mass is 525 g/mol. The van der Waals surface area contributed by atoms with E-state index in [0.717, 1.165) is 0 Å². The van der Waals surface area contributed by atoms with Gasteiger partial charge >= 0.3 is 24.2 Å². The van der Waals surface area contributed by atoms with Crippen molar-refractivity contribution in [2.45, 2.75) is 98.0 Å². The van der Waals surface area contributed by atoms with Gasteiger partial charge in [0, 0.05) is 13.0 Å². The van der Waals surface area contributed by atoms with E-state index >= 15 is 0 Å². The molecule has 1 rings (SSSR count). The van der Waals surface area contributed by atoms with Crippen LogP contribution >= 0.6 is 0 Å². The van der Waals surface area contributed by atoms with Crippen LogP contribution in [0.2, 0.25) is 0 Å². The minimum absolute atomic E-state index is 0.0116. The lowest BCUT2D eigenvalue weighted by atomic mass is 10.0. The van der Waals surface area contributed by atoms with Crippen molar-refractivity contribution < 1.29 is 48.0 Å². The largest absolute Gasteiger partial charge is 0.514 e.